The maximum absolute atomic E-state index is 13.8. The van der Waals surface area contributed by atoms with Crippen molar-refractivity contribution in [1.29, 1.82) is 0 Å². The maximum Gasteiger partial charge on any atom is 0.135 e. The number of benzene rings is 1. The number of nitrogens with one attached hydrogen (secondary N) is 2. The van der Waals surface area contributed by atoms with Crippen LogP contribution < -0.4 is 0 Å². The number of hydrogen-bond acceptors (Lipinski definition) is 4. The summed E-state index contributed by atoms with van der Waals surface area (Å²) < 4.78 is 13.8. The van der Waals surface area contributed by atoms with E-state index in [-0.39, 0.29) is 5.82 Å². The van der Waals surface area contributed by atoms with Crippen molar-refractivity contribution in [2.45, 2.75) is 0 Å². The summed E-state index contributed by atoms with van der Waals surface area (Å²) in [7, 11) is 0. The number of fused-ring (bicyclic) bond motifs is 2. The van der Waals surface area contributed by atoms with Crippen LogP contribution >= 0.6 is 0 Å². The summed E-state index contributed by atoms with van der Waals surface area (Å²) in [5.41, 5.74) is 7.34. The zero-order valence-electron chi connectivity index (χ0n) is 16.2. The van der Waals surface area contributed by atoms with Crippen molar-refractivity contribution in [3.63, 3.8) is 0 Å². The number of hydrogen-bond donors (Lipinski definition) is 2. The molecule has 31 heavy (non-hydrogen) atoms. The minimum absolute atomic E-state index is 0.282. The van der Waals surface area contributed by atoms with E-state index in [4.69, 9.17) is 4.98 Å². The number of aromatic amines is 2. The Balaban J connectivity index is 1.52. The van der Waals surface area contributed by atoms with Crippen LogP contribution in [0.25, 0.3) is 55.7 Å². The average molecular weight is 406 g/mol. The lowest BCUT2D eigenvalue weighted by atomic mass is 10.0. The van der Waals surface area contributed by atoms with Crippen LogP contribution in [0, 0.1) is 5.82 Å². The Morgan fingerprint density at radius 2 is 1.74 bits per heavy atom. The third-order valence-electron chi connectivity index (χ3n) is 5.30. The number of nitrogens with zero attached hydrogens (tertiary/aromatic N) is 4. The van der Waals surface area contributed by atoms with Crippen molar-refractivity contribution >= 4 is 21.9 Å². The Hall–Kier alpha value is -4.39. The molecule has 1 aromatic carbocycles. The molecule has 0 bridgehead atoms. The topological polar surface area (TPSA) is 83.1 Å². The van der Waals surface area contributed by atoms with E-state index in [0.717, 1.165) is 50.0 Å². The first-order chi connectivity index (χ1) is 15.3. The molecule has 5 heterocycles. The number of rotatable bonds is 3. The van der Waals surface area contributed by atoms with E-state index in [9.17, 15) is 4.39 Å². The zero-order chi connectivity index (χ0) is 20.8. The predicted molar refractivity (Wildman–Crippen MR) is 118 cm³/mol. The molecule has 0 fully saturated rings. The summed E-state index contributed by atoms with van der Waals surface area (Å²) in [6, 6.07) is 16.3. The molecule has 0 amide bonds. The van der Waals surface area contributed by atoms with Gasteiger partial charge in [0.2, 0.25) is 0 Å². The van der Waals surface area contributed by atoms with E-state index in [2.05, 4.69) is 25.1 Å². The summed E-state index contributed by atoms with van der Waals surface area (Å²) in [5.74, 6) is -0.282. The summed E-state index contributed by atoms with van der Waals surface area (Å²) in [5, 5.41) is 8.49. The molecule has 0 radical (unpaired) electrons. The molecule has 2 N–H and O–H groups in total. The van der Waals surface area contributed by atoms with E-state index in [1.807, 2.05) is 36.4 Å². The first-order valence-electron chi connectivity index (χ1n) is 9.75. The molecule has 6 aromatic rings. The Bertz CT molecular complexity index is 1550. The molecule has 0 aliphatic carbocycles. The molecule has 6 nitrogen and oxygen atoms in total. The summed E-state index contributed by atoms with van der Waals surface area (Å²) in [6.07, 6.45) is 7.02. The second-order valence-corrected chi connectivity index (χ2v) is 7.25. The van der Waals surface area contributed by atoms with E-state index in [1.54, 1.807) is 30.9 Å². The van der Waals surface area contributed by atoms with Gasteiger partial charge in [0.15, 0.2) is 0 Å². The number of halogens is 1. The molecule has 6 rings (SSSR count). The van der Waals surface area contributed by atoms with Crippen LogP contribution in [-0.4, -0.2) is 30.1 Å². The fraction of sp³-hybridized carbons (Fsp3) is 0. The molecule has 5 aromatic heterocycles. The third-order valence-corrected chi connectivity index (χ3v) is 5.30. The van der Waals surface area contributed by atoms with Crippen LogP contribution in [-0.2, 0) is 0 Å². The second-order valence-electron chi connectivity index (χ2n) is 7.25. The normalized spacial score (nSPS) is 11.4. The van der Waals surface area contributed by atoms with Crippen LogP contribution in [0.15, 0.2) is 79.4 Å². The van der Waals surface area contributed by atoms with Crippen LogP contribution in [0.2, 0.25) is 0 Å². The van der Waals surface area contributed by atoms with Crippen LogP contribution in [0.3, 0.4) is 0 Å². The van der Waals surface area contributed by atoms with Crippen molar-refractivity contribution in [1.82, 2.24) is 30.1 Å². The smallest absolute Gasteiger partial charge is 0.135 e. The van der Waals surface area contributed by atoms with Gasteiger partial charge >= 0.3 is 0 Å². The quantitative estimate of drug-likeness (QED) is 0.414. The van der Waals surface area contributed by atoms with E-state index < -0.39 is 0 Å². The molecule has 7 heteroatoms. The lowest BCUT2D eigenvalue weighted by molar-refractivity contribution is 0.628. The monoisotopic (exact) mass is 406 g/mol. The maximum atomic E-state index is 13.8. The first kappa shape index (κ1) is 17.5. The molecule has 0 atom stereocenters. The SMILES string of the molecule is Fc1cccc(-c2cncc3[nH]c(-c4n[nH]c5ccc(-c6cccnc6)nc45)cc23)c1. The van der Waals surface area contributed by atoms with E-state index in [0.29, 0.717) is 5.69 Å². The van der Waals surface area contributed by atoms with Gasteiger partial charge in [-0.05, 0) is 48.0 Å². The van der Waals surface area contributed by atoms with Gasteiger partial charge in [0.05, 0.1) is 28.6 Å². The van der Waals surface area contributed by atoms with Gasteiger partial charge in [0.25, 0.3) is 0 Å². The van der Waals surface area contributed by atoms with Gasteiger partial charge in [-0.15, -0.1) is 0 Å². The molecular weight excluding hydrogens is 391 g/mol. The molecule has 0 saturated carbocycles. The highest BCUT2D eigenvalue weighted by molar-refractivity contribution is 5.99. The number of H-pyrrole nitrogens is 2. The standard InChI is InChI=1S/C24H15FN6/c25-16-5-1-3-14(9-16)18-12-27-13-22-17(18)10-21(28-22)24-23-20(30-31-24)7-6-19(29-23)15-4-2-8-26-11-15/h1-13,28H,(H,30,31). The van der Waals surface area contributed by atoms with Crippen molar-refractivity contribution in [3.8, 4) is 33.8 Å². The van der Waals surface area contributed by atoms with Gasteiger partial charge in [-0.1, -0.05) is 12.1 Å². The van der Waals surface area contributed by atoms with Gasteiger partial charge < -0.3 is 4.98 Å². The van der Waals surface area contributed by atoms with Crippen molar-refractivity contribution in [2.75, 3.05) is 0 Å². The fourth-order valence-corrected chi connectivity index (χ4v) is 3.83. The van der Waals surface area contributed by atoms with Crippen molar-refractivity contribution in [3.05, 3.63) is 85.2 Å². The fourth-order valence-electron chi connectivity index (χ4n) is 3.83. The summed E-state index contributed by atoms with van der Waals surface area (Å²) in [4.78, 5) is 16.7. The van der Waals surface area contributed by atoms with Crippen LogP contribution in [0.4, 0.5) is 4.39 Å². The molecule has 0 unspecified atom stereocenters. The minimum Gasteiger partial charge on any atom is -0.352 e. The lowest BCUT2D eigenvalue weighted by Gasteiger charge is -2.02. The van der Waals surface area contributed by atoms with Crippen LogP contribution in [0.1, 0.15) is 0 Å². The summed E-state index contributed by atoms with van der Waals surface area (Å²) >= 11 is 0. The predicted octanol–water partition coefficient (Wildman–Crippen LogP) is 5.37. The molecule has 0 aliphatic rings. The highest BCUT2D eigenvalue weighted by Gasteiger charge is 2.15. The number of pyridine rings is 3. The van der Waals surface area contributed by atoms with Gasteiger partial charge in [-0.2, -0.15) is 5.10 Å². The Labute approximate surface area is 175 Å². The average Bonchev–Trinajstić information content (AvgIpc) is 3.43. The minimum atomic E-state index is -0.282. The van der Waals surface area contributed by atoms with Gasteiger partial charge in [-0.25, -0.2) is 9.37 Å². The largest absolute Gasteiger partial charge is 0.352 e. The first-order valence-corrected chi connectivity index (χ1v) is 9.75. The Morgan fingerprint density at radius 1 is 0.806 bits per heavy atom. The highest BCUT2D eigenvalue weighted by atomic mass is 19.1. The second kappa shape index (κ2) is 6.84. The van der Waals surface area contributed by atoms with Gasteiger partial charge in [-0.3, -0.25) is 15.1 Å². The van der Waals surface area contributed by atoms with Crippen LogP contribution in [0.5, 0.6) is 0 Å². The van der Waals surface area contributed by atoms with Crippen molar-refractivity contribution in [2.24, 2.45) is 0 Å². The Kier molecular flexibility index (Phi) is 3.86. The third kappa shape index (κ3) is 2.95. The number of aromatic nitrogens is 6. The van der Waals surface area contributed by atoms with Crippen molar-refractivity contribution < 1.29 is 4.39 Å². The molecule has 148 valence electrons. The zero-order valence-corrected chi connectivity index (χ0v) is 16.2. The highest BCUT2D eigenvalue weighted by Crippen LogP contribution is 2.33. The van der Waals surface area contributed by atoms with E-state index >= 15 is 0 Å². The Morgan fingerprint density at radius 3 is 2.61 bits per heavy atom. The molecular formula is C24H15FN6. The molecule has 0 saturated heterocycles. The van der Waals surface area contributed by atoms with E-state index in [1.165, 1.54) is 12.1 Å². The van der Waals surface area contributed by atoms with Gasteiger partial charge in [0.1, 0.15) is 17.0 Å². The van der Waals surface area contributed by atoms with Gasteiger partial charge in [0, 0.05) is 35.1 Å². The lowest BCUT2D eigenvalue weighted by Crippen LogP contribution is -1.86. The summed E-state index contributed by atoms with van der Waals surface area (Å²) in [6.45, 7) is 0. The molecule has 0 aliphatic heterocycles. The molecule has 0 spiro atoms.